The molecule has 0 amide bonds. The first kappa shape index (κ1) is 9.96. The van der Waals surface area contributed by atoms with E-state index < -0.39 is 0 Å². The van der Waals surface area contributed by atoms with Crippen LogP contribution >= 0.6 is 0 Å². The number of hydrogen-bond acceptors (Lipinski definition) is 3. The molecule has 1 heterocycles. The Labute approximate surface area is 74.3 Å². The lowest BCUT2D eigenvalue weighted by Gasteiger charge is -2.26. The highest BCUT2D eigenvalue weighted by Gasteiger charge is 2.28. The third-order valence-electron chi connectivity index (χ3n) is 2.54. The molecule has 1 fully saturated rings. The topological polar surface area (TPSA) is 32.7 Å². The van der Waals surface area contributed by atoms with Gasteiger partial charge in [0.1, 0.15) is 6.23 Å². The predicted molar refractivity (Wildman–Crippen MR) is 47.9 cm³/mol. The van der Waals surface area contributed by atoms with Crippen molar-refractivity contribution >= 4 is 0 Å². The van der Waals surface area contributed by atoms with E-state index in [1.54, 1.807) is 0 Å². The fourth-order valence-electron chi connectivity index (χ4n) is 1.62. The van der Waals surface area contributed by atoms with Gasteiger partial charge in [-0.05, 0) is 12.3 Å². The van der Waals surface area contributed by atoms with Crippen LogP contribution in [0.5, 0.6) is 0 Å². The van der Waals surface area contributed by atoms with Crippen LogP contribution < -0.4 is 0 Å². The fourth-order valence-corrected chi connectivity index (χ4v) is 1.62. The summed E-state index contributed by atoms with van der Waals surface area (Å²) in [5.41, 5.74) is 0. The molecular weight excluding hydrogens is 154 g/mol. The van der Waals surface area contributed by atoms with E-state index in [0.29, 0.717) is 5.92 Å². The lowest BCUT2D eigenvalue weighted by molar-refractivity contribution is -0.0138. The van der Waals surface area contributed by atoms with E-state index in [4.69, 9.17) is 9.84 Å². The second-order valence-corrected chi connectivity index (χ2v) is 3.41. The maximum absolute atomic E-state index is 8.80. The number of rotatable bonds is 4. The van der Waals surface area contributed by atoms with Crippen LogP contribution in [0.25, 0.3) is 0 Å². The van der Waals surface area contributed by atoms with E-state index in [1.165, 1.54) is 0 Å². The van der Waals surface area contributed by atoms with Crippen molar-refractivity contribution in [3.63, 3.8) is 0 Å². The molecule has 72 valence electrons. The molecule has 0 radical (unpaired) electrons. The van der Waals surface area contributed by atoms with E-state index >= 15 is 0 Å². The van der Waals surface area contributed by atoms with Crippen molar-refractivity contribution in [3.05, 3.63) is 0 Å². The van der Waals surface area contributed by atoms with Gasteiger partial charge in [0, 0.05) is 13.1 Å². The zero-order chi connectivity index (χ0) is 8.97. The molecule has 12 heavy (non-hydrogen) atoms. The maximum atomic E-state index is 8.80. The summed E-state index contributed by atoms with van der Waals surface area (Å²) in [4.78, 5) is 2.22. The summed E-state index contributed by atoms with van der Waals surface area (Å²) in [6.07, 6.45) is 1.37. The summed E-state index contributed by atoms with van der Waals surface area (Å²) in [6, 6.07) is 0. The largest absolute Gasteiger partial charge is 0.395 e. The first-order chi connectivity index (χ1) is 5.79. The molecule has 0 saturated carbocycles. The smallest absolute Gasteiger partial charge is 0.113 e. The Morgan fingerprint density at radius 2 is 2.42 bits per heavy atom. The van der Waals surface area contributed by atoms with Gasteiger partial charge in [-0.1, -0.05) is 13.8 Å². The van der Waals surface area contributed by atoms with Gasteiger partial charge in [0.2, 0.25) is 0 Å². The minimum absolute atomic E-state index is 0.232. The van der Waals surface area contributed by atoms with Gasteiger partial charge >= 0.3 is 0 Å². The van der Waals surface area contributed by atoms with Crippen LogP contribution in [0.3, 0.4) is 0 Å². The molecule has 0 aromatic rings. The molecule has 1 N–H and O–H groups in total. The van der Waals surface area contributed by atoms with Crippen LogP contribution in [0.2, 0.25) is 0 Å². The molecule has 0 aromatic carbocycles. The van der Waals surface area contributed by atoms with E-state index in [0.717, 1.165) is 26.1 Å². The second-order valence-electron chi connectivity index (χ2n) is 3.41. The molecule has 3 nitrogen and oxygen atoms in total. The average Bonchev–Trinajstić information content (AvgIpc) is 2.52. The highest BCUT2D eigenvalue weighted by molar-refractivity contribution is 4.73. The van der Waals surface area contributed by atoms with Crippen molar-refractivity contribution in [1.82, 2.24) is 4.90 Å². The molecule has 1 rings (SSSR count). The number of nitrogens with zero attached hydrogens (tertiary/aromatic N) is 1. The van der Waals surface area contributed by atoms with Gasteiger partial charge in [-0.2, -0.15) is 0 Å². The highest BCUT2D eigenvalue weighted by atomic mass is 16.5. The Morgan fingerprint density at radius 1 is 1.67 bits per heavy atom. The standard InChI is InChI=1S/C9H19NO2/c1-3-8(2)9-10(4-6-11)5-7-12-9/h8-9,11H,3-7H2,1-2H3. The monoisotopic (exact) mass is 173 g/mol. The molecule has 2 unspecified atom stereocenters. The molecule has 1 aliphatic heterocycles. The van der Waals surface area contributed by atoms with Gasteiger partial charge in [-0.3, -0.25) is 4.90 Å². The van der Waals surface area contributed by atoms with E-state index in [2.05, 4.69) is 18.7 Å². The number of ether oxygens (including phenoxy) is 1. The predicted octanol–water partition coefficient (Wildman–Crippen LogP) is 0.683. The average molecular weight is 173 g/mol. The molecule has 0 spiro atoms. The van der Waals surface area contributed by atoms with Crippen LogP contribution in [0.15, 0.2) is 0 Å². The van der Waals surface area contributed by atoms with Crippen LogP contribution in [-0.2, 0) is 4.74 Å². The van der Waals surface area contributed by atoms with Crippen LogP contribution in [0.4, 0.5) is 0 Å². The van der Waals surface area contributed by atoms with Gasteiger partial charge in [0.25, 0.3) is 0 Å². The van der Waals surface area contributed by atoms with Gasteiger partial charge in [0.05, 0.1) is 13.2 Å². The van der Waals surface area contributed by atoms with Gasteiger partial charge in [-0.25, -0.2) is 0 Å². The van der Waals surface area contributed by atoms with Crippen molar-refractivity contribution < 1.29 is 9.84 Å². The van der Waals surface area contributed by atoms with Gasteiger partial charge in [0.15, 0.2) is 0 Å². The summed E-state index contributed by atoms with van der Waals surface area (Å²) >= 11 is 0. The Balaban J connectivity index is 2.40. The Morgan fingerprint density at radius 3 is 3.00 bits per heavy atom. The molecule has 0 aromatic heterocycles. The molecule has 0 bridgehead atoms. The lowest BCUT2D eigenvalue weighted by Crippen LogP contribution is -2.37. The Bertz CT molecular complexity index is 130. The third-order valence-corrected chi connectivity index (χ3v) is 2.54. The van der Waals surface area contributed by atoms with E-state index in [9.17, 15) is 0 Å². The number of β-amino-alcohol motifs (C(OH)–C–C–N with tert-alkyl or cyclic N) is 1. The van der Waals surface area contributed by atoms with E-state index in [1.807, 2.05) is 0 Å². The number of aliphatic hydroxyl groups is 1. The van der Waals surface area contributed by atoms with Crippen molar-refractivity contribution in [2.75, 3.05) is 26.3 Å². The van der Waals surface area contributed by atoms with Crippen LogP contribution in [0.1, 0.15) is 20.3 Å². The summed E-state index contributed by atoms with van der Waals surface area (Å²) in [5.74, 6) is 0.569. The Hall–Kier alpha value is -0.120. The first-order valence-corrected chi connectivity index (χ1v) is 4.76. The SMILES string of the molecule is CCC(C)C1OCCN1CCO. The number of aliphatic hydroxyl groups excluding tert-OH is 1. The van der Waals surface area contributed by atoms with Crippen molar-refractivity contribution in [2.45, 2.75) is 26.5 Å². The quantitative estimate of drug-likeness (QED) is 0.678. The summed E-state index contributed by atoms with van der Waals surface area (Å²) in [6.45, 7) is 7.12. The number of hydrogen-bond donors (Lipinski definition) is 1. The third kappa shape index (κ3) is 2.19. The zero-order valence-corrected chi connectivity index (χ0v) is 7.99. The molecular formula is C9H19NO2. The minimum Gasteiger partial charge on any atom is -0.395 e. The molecule has 1 saturated heterocycles. The Kier molecular flexibility index (Phi) is 3.98. The van der Waals surface area contributed by atoms with Crippen molar-refractivity contribution in [2.24, 2.45) is 5.92 Å². The molecule has 2 atom stereocenters. The first-order valence-electron chi connectivity index (χ1n) is 4.76. The normalized spacial score (nSPS) is 27.8. The van der Waals surface area contributed by atoms with Gasteiger partial charge < -0.3 is 9.84 Å². The van der Waals surface area contributed by atoms with Crippen molar-refractivity contribution in [1.29, 1.82) is 0 Å². The molecule has 1 aliphatic rings. The van der Waals surface area contributed by atoms with Crippen molar-refractivity contribution in [3.8, 4) is 0 Å². The highest BCUT2D eigenvalue weighted by Crippen LogP contribution is 2.19. The molecule has 3 heteroatoms. The minimum atomic E-state index is 0.232. The van der Waals surface area contributed by atoms with Gasteiger partial charge in [-0.15, -0.1) is 0 Å². The zero-order valence-electron chi connectivity index (χ0n) is 7.99. The molecule has 0 aliphatic carbocycles. The summed E-state index contributed by atoms with van der Waals surface area (Å²) < 4.78 is 5.59. The van der Waals surface area contributed by atoms with Crippen LogP contribution in [0, 0.1) is 5.92 Å². The lowest BCUT2D eigenvalue weighted by atomic mass is 10.1. The fraction of sp³-hybridized carbons (Fsp3) is 1.00. The summed E-state index contributed by atoms with van der Waals surface area (Å²) in [5, 5.41) is 8.80. The summed E-state index contributed by atoms with van der Waals surface area (Å²) in [7, 11) is 0. The van der Waals surface area contributed by atoms with Crippen LogP contribution in [-0.4, -0.2) is 42.5 Å². The second kappa shape index (κ2) is 4.80. The van der Waals surface area contributed by atoms with E-state index in [-0.39, 0.29) is 12.8 Å². The maximum Gasteiger partial charge on any atom is 0.113 e.